The second-order valence-corrected chi connectivity index (χ2v) is 4.77. The monoisotopic (exact) mass is 243 g/mol. The first-order valence-electron chi connectivity index (χ1n) is 6.06. The van der Waals surface area contributed by atoms with Crippen molar-refractivity contribution in [3.05, 3.63) is 42.5 Å². The molecule has 0 bridgehead atoms. The highest BCUT2D eigenvalue weighted by atomic mass is 16.4. The van der Waals surface area contributed by atoms with Crippen LogP contribution in [0.1, 0.15) is 13.8 Å². The topological polar surface area (TPSA) is 49.3 Å². The number of fused-ring (bicyclic) bond motifs is 1. The van der Waals surface area contributed by atoms with Gasteiger partial charge in [0.1, 0.15) is 6.04 Å². The van der Waals surface area contributed by atoms with Crippen LogP contribution in [0.2, 0.25) is 0 Å². The first-order chi connectivity index (χ1) is 8.58. The number of benzene rings is 2. The van der Waals surface area contributed by atoms with E-state index >= 15 is 0 Å². The Morgan fingerprint density at radius 1 is 1.11 bits per heavy atom. The fourth-order valence-electron chi connectivity index (χ4n) is 1.97. The van der Waals surface area contributed by atoms with Gasteiger partial charge in [0.05, 0.1) is 0 Å². The number of carbonyl (C=O) groups is 1. The van der Waals surface area contributed by atoms with Crippen LogP contribution >= 0.6 is 0 Å². The summed E-state index contributed by atoms with van der Waals surface area (Å²) in [5.41, 5.74) is 0.842. The highest BCUT2D eigenvalue weighted by molar-refractivity contribution is 5.86. The lowest BCUT2D eigenvalue weighted by Crippen LogP contribution is -2.34. The molecule has 0 saturated heterocycles. The Morgan fingerprint density at radius 2 is 1.78 bits per heavy atom. The summed E-state index contributed by atoms with van der Waals surface area (Å²) in [6.45, 7) is 3.79. The van der Waals surface area contributed by atoms with Crippen LogP contribution in [-0.4, -0.2) is 17.1 Å². The summed E-state index contributed by atoms with van der Waals surface area (Å²) in [5, 5.41) is 14.5. The molecular formula is C15H17NO2. The van der Waals surface area contributed by atoms with E-state index in [1.165, 1.54) is 0 Å². The van der Waals surface area contributed by atoms with Crippen LogP contribution in [-0.2, 0) is 4.79 Å². The molecule has 0 amide bonds. The van der Waals surface area contributed by atoms with Crippen LogP contribution in [0.5, 0.6) is 0 Å². The van der Waals surface area contributed by atoms with Gasteiger partial charge < -0.3 is 10.4 Å². The van der Waals surface area contributed by atoms with E-state index in [2.05, 4.69) is 5.32 Å². The maximum absolute atomic E-state index is 11.1. The third kappa shape index (κ3) is 2.62. The minimum absolute atomic E-state index is 0.0361. The van der Waals surface area contributed by atoms with Crippen LogP contribution in [0.3, 0.4) is 0 Å². The molecule has 0 aliphatic heterocycles. The highest BCUT2D eigenvalue weighted by Crippen LogP contribution is 2.20. The molecule has 0 saturated carbocycles. The second-order valence-electron chi connectivity index (χ2n) is 4.77. The Hall–Kier alpha value is -2.03. The smallest absolute Gasteiger partial charge is 0.326 e. The van der Waals surface area contributed by atoms with Gasteiger partial charge >= 0.3 is 5.97 Å². The highest BCUT2D eigenvalue weighted by Gasteiger charge is 2.20. The molecule has 3 heteroatoms. The molecule has 0 aliphatic rings. The summed E-state index contributed by atoms with van der Waals surface area (Å²) >= 11 is 0. The van der Waals surface area contributed by atoms with Gasteiger partial charge in [0.2, 0.25) is 0 Å². The lowest BCUT2D eigenvalue weighted by atomic mass is 10.0. The van der Waals surface area contributed by atoms with E-state index in [0.717, 1.165) is 16.5 Å². The van der Waals surface area contributed by atoms with Gasteiger partial charge in [0, 0.05) is 5.69 Å². The summed E-state index contributed by atoms with van der Waals surface area (Å²) in [5.74, 6) is -0.785. The van der Waals surface area contributed by atoms with Crippen molar-refractivity contribution >= 4 is 22.4 Å². The lowest BCUT2D eigenvalue weighted by Gasteiger charge is -2.19. The van der Waals surface area contributed by atoms with Gasteiger partial charge in [-0.15, -0.1) is 0 Å². The maximum Gasteiger partial charge on any atom is 0.326 e. The summed E-state index contributed by atoms with van der Waals surface area (Å²) in [4.78, 5) is 11.1. The van der Waals surface area contributed by atoms with Gasteiger partial charge in [-0.05, 0) is 28.8 Å². The van der Waals surface area contributed by atoms with Crippen molar-refractivity contribution in [3.63, 3.8) is 0 Å². The van der Waals surface area contributed by atoms with E-state index in [1.807, 2.05) is 56.3 Å². The number of aliphatic carboxylic acids is 1. The number of carboxylic acid groups (broad SMARTS) is 1. The molecule has 2 rings (SSSR count). The number of carboxylic acids is 1. The molecule has 0 aromatic heterocycles. The molecular weight excluding hydrogens is 226 g/mol. The molecule has 0 radical (unpaired) electrons. The van der Waals surface area contributed by atoms with Crippen LogP contribution in [0.25, 0.3) is 10.8 Å². The summed E-state index contributed by atoms with van der Waals surface area (Å²) in [6.07, 6.45) is 0. The molecule has 94 valence electrons. The zero-order chi connectivity index (χ0) is 13.1. The quantitative estimate of drug-likeness (QED) is 0.865. The molecule has 1 atom stereocenters. The van der Waals surface area contributed by atoms with Crippen molar-refractivity contribution in [1.29, 1.82) is 0 Å². The molecule has 3 nitrogen and oxygen atoms in total. The molecule has 2 N–H and O–H groups in total. The van der Waals surface area contributed by atoms with Crippen molar-refractivity contribution < 1.29 is 9.90 Å². The molecule has 0 fully saturated rings. The Balaban J connectivity index is 2.28. The minimum atomic E-state index is -0.821. The van der Waals surface area contributed by atoms with Gasteiger partial charge in [-0.1, -0.05) is 44.2 Å². The predicted octanol–water partition coefficient (Wildman–Crippen LogP) is 3.36. The number of rotatable bonds is 4. The number of hydrogen-bond donors (Lipinski definition) is 2. The Kier molecular flexibility index (Phi) is 3.51. The van der Waals surface area contributed by atoms with Crippen molar-refractivity contribution in [2.45, 2.75) is 19.9 Å². The third-order valence-corrected chi connectivity index (χ3v) is 3.00. The van der Waals surface area contributed by atoms with E-state index in [-0.39, 0.29) is 5.92 Å². The molecule has 2 aromatic carbocycles. The molecule has 2 aromatic rings. The minimum Gasteiger partial charge on any atom is -0.480 e. The summed E-state index contributed by atoms with van der Waals surface area (Å²) in [6, 6.07) is 13.4. The van der Waals surface area contributed by atoms with Crippen LogP contribution < -0.4 is 5.32 Å². The Morgan fingerprint density at radius 3 is 2.39 bits per heavy atom. The normalized spacial score (nSPS) is 12.6. The average Bonchev–Trinajstić information content (AvgIpc) is 2.35. The van der Waals surface area contributed by atoms with Crippen molar-refractivity contribution in [2.75, 3.05) is 5.32 Å². The Bertz CT molecular complexity index is 563. The van der Waals surface area contributed by atoms with Crippen LogP contribution in [0, 0.1) is 5.92 Å². The van der Waals surface area contributed by atoms with Crippen LogP contribution in [0.4, 0.5) is 5.69 Å². The Labute approximate surface area is 106 Å². The third-order valence-electron chi connectivity index (χ3n) is 3.00. The first-order valence-corrected chi connectivity index (χ1v) is 6.06. The number of anilines is 1. The first kappa shape index (κ1) is 12.4. The van der Waals surface area contributed by atoms with Gasteiger partial charge in [0.25, 0.3) is 0 Å². The van der Waals surface area contributed by atoms with Gasteiger partial charge in [0.15, 0.2) is 0 Å². The fourth-order valence-corrected chi connectivity index (χ4v) is 1.97. The van der Waals surface area contributed by atoms with E-state index in [9.17, 15) is 4.79 Å². The SMILES string of the molecule is CC(C)[C@H](Nc1ccc2ccccc2c1)C(=O)O. The van der Waals surface area contributed by atoms with Gasteiger partial charge in [-0.25, -0.2) is 4.79 Å². The van der Waals surface area contributed by atoms with Crippen molar-refractivity contribution in [1.82, 2.24) is 0 Å². The largest absolute Gasteiger partial charge is 0.480 e. The summed E-state index contributed by atoms with van der Waals surface area (Å²) in [7, 11) is 0. The second kappa shape index (κ2) is 5.08. The van der Waals surface area contributed by atoms with E-state index < -0.39 is 12.0 Å². The molecule has 0 spiro atoms. The standard InChI is InChI=1S/C15H17NO2/c1-10(2)14(15(17)18)16-13-8-7-11-5-3-4-6-12(11)9-13/h3-10,14,16H,1-2H3,(H,17,18)/t14-/m0/s1. The molecule has 0 aliphatic carbocycles. The molecule has 18 heavy (non-hydrogen) atoms. The molecule has 0 heterocycles. The maximum atomic E-state index is 11.1. The predicted molar refractivity (Wildman–Crippen MR) is 73.8 cm³/mol. The van der Waals surface area contributed by atoms with Crippen molar-refractivity contribution in [2.24, 2.45) is 5.92 Å². The van der Waals surface area contributed by atoms with Crippen LogP contribution in [0.15, 0.2) is 42.5 Å². The van der Waals surface area contributed by atoms with Gasteiger partial charge in [-0.3, -0.25) is 0 Å². The summed E-state index contributed by atoms with van der Waals surface area (Å²) < 4.78 is 0. The zero-order valence-electron chi connectivity index (χ0n) is 10.6. The molecule has 0 unspecified atom stereocenters. The lowest BCUT2D eigenvalue weighted by molar-refractivity contribution is -0.138. The fraction of sp³-hybridized carbons (Fsp3) is 0.267. The van der Waals surface area contributed by atoms with Gasteiger partial charge in [-0.2, -0.15) is 0 Å². The van der Waals surface area contributed by atoms with E-state index in [0.29, 0.717) is 0 Å². The number of nitrogens with one attached hydrogen (secondary N) is 1. The zero-order valence-corrected chi connectivity index (χ0v) is 10.6. The number of hydrogen-bond acceptors (Lipinski definition) is 2. The van der Waals surface area contributed by atoms with E-state index in [4.69, 9.17) is 5.11 Å². The van der Waals surface area contributed by atoms with E-state index in [1.54, 1.807) is 0 Å². The average molecular weight is 243 g/mol. The van der Waals surface area contributed by atoms with Crippen molar-refractivity contribution in [3.8, 4) is 0 Å².